The summed E-state index contributed by atoms with van der Waals surface area (Å²) < 4.78 is 49.1. The highest BCUT2D eigenvalue weighted by Crippen LogP contribution is 2.56. The van der Waals surface area contributed by atoms with Gasteiger partial charge in [-0.25, -0.2) is 8.96 Å². The van der Waals surface area contributed by atoms with Crippen molar-refractivity contribution in [2.45, 2.75) is 43.3 Å². The molecule has 0 aromatic heterocycles. The van der Waals surface area contributed by atoms with Gasteiger partial charge in [-0.2, -0.15) is 0 Å². The molecule has 1 amide bonds. The van der Waals surface area contributed by atoms with Gasteiger partial charge >= 0.3 is 7.82 Å². The lowest BCUT2D eigenvalue weighted by Crippen LogP contribution is -2.54. The van der Waals surface area contributed by atoms with E-state index in [9.17, 15) is 24.7 Å². The molecule has 1 aromatic carbocycles. The Kier molecular flexibility index (Phi) is 6.29. The molecule has 4 rings (SSSR count). The van der Waals surface area contributed by atoms with Crippen molar-refractivity contribution in [3.05, 3.63) is 41.1 Å². The quantitative estimate of drug-likeness (QED) is 0.287. The summed E-state index contributed by atoms with van der Waals surface area (Å²) in [7, 11) is -4.24. The van der Waals surface area contributed by atoms with Gasteiger partial charge in [-0.05, 0) is 12.5 Å². The Labute approximate surface area is 187 Å². The Hall–Kier alpha value is -1.70. The van der Waals surface area contributed by atoms with Gasteiger partial charge in [-0.15, -0.1) is 12.6 Å². The molecule has 3 heterocycles. The number of thiol groups is 1. The average Bonchev–Trinajstić information content (AvgIpc) is 2.98. The highest BCUT2D eigenvalue weighted by atomic mass is 32.1. The van der Waals surface area contributed by atoms with Gasteiger partial charge in [0.1, 0.15) is 30.1 Å². The maximum absolute atomic E-state index is 15.4. The predicted octanol–water partition coefficient (Wildman–Crippen LogP) is 0.294. The SMILES string of the molecule is Cc1cccc2c1OP(=O)(OC[C@@]1(F)O[C@@H](N3C=C(CO)C(=O)NC3S)[C@H](O)[C@@H]1O)OC2. The van der Waals surface area contributed by atoms with E-state index < -0.39 is 56.7 Å². The number of aliphatic hydroxyl groups is 3. The molecule has 0 spiro atoms. The minimum Gasteiger partial charge on any atom is -0.403 e. The Morgan fingerprint density at radius 1 is 1.44 bits per heavy atom. The minimum atomic E-state index is -4.24. The first-order valence-corrected chi connectivity index (χ1v) is 11.5. The molecule has 0 saturated carbocycles. The first kappa shape index (κ1) is 23.5. The number of aliphatic hydroxyl groups excluding tert-OH is 3. The Balaban J connectivity index is 1.49. The van der Waals surface area contributed by atoms with Crippen LogP contribution in [0.25, 0.3) is 0 Å². The van der Waals surface area contributed by atoms with Crippen LogP contribution in [0.15, 0.2) is 30.0 Å². The van der Waals surface area contributed by atoms with Crippen molar-refractivity contribution >= 4 is 26.4 Å². The van der Waals surface area contributed by atoms with Crippen molar-refractivity contribution in [3.8, 4) is 5.75 Å². The van der Waals surface area contributed by atoms with Gasteiger partial charge in [0.15, 0.2) is 6.23 Å². The van der Waals surface area contributed by atoms with Crippen LogP contribution in [0.3, 0.4) is 0 Å². The van der Waals surface area contributed by atoms with Crippen LogP contribution >= 0.6 is 20.5 Å². The number of alkyl halides is 1. The fourth-order valence-corrected chi connectivity index (χ4v) is 5.11. The number of hydrogen-bond donors (Lipinski definition) is 5. The van der Waals surface area contributed by atoms with Crippen molar-refractivity contribution in [2.75, 3.05) is 13.2 Å². The summed E-state index contributed by atoms with van der Waals surface area (Å²) in [6, 6.07) is 5.22. The lowest BCUT2D eigenvalue weighted by Gasteiger charge is -2.37. The van der Waals surface area contributed by atoms with Crippen LogP contribution in [0.2, 0.25) is 0 Å². The summed E-state index contributed by atoms with van der Waals surface area (Å²) in [5.74, 6) is -3.31. The molecule has 0 bridgehead atoms. The van der Waals surface area contributed by atoms with Gasteiger partial charge in [-0.3, -0.25) is 13.8 Å². The maximum Gasteiger partial charge on any atom is 0.530 e. The maximum atomic E-state index is 15.4. The summed E-state index contributed by atoms with van der Waals surface area (Å²) in [4.78, 5) is 12.9. The largest absolute Gasteiger partial charge is 0.530 e. The highest BCUT2D eigenvalue weighted by Gasteiger charge is 2.59. The number of phosphoric acid groups is 1. The van der Waals surface area contributed by atoms with Crippen LogP contribution in [0.5, 0.6) is 5.75 Å². The van der Waals surface area contributed by atoms with Crippen molar-refractivity contribution < 1.29 is 47.4 Å². The van der Waals surface area contributed by atoms with Gasteiger partial charge in [0.2, 0.25) is 0 Å². The normalized spacial score (nSPS) is 36.9. The first-order valence-electron chi connectivity index (χ1n) is 9.55. The fraction of sp³-hybridized carbons (Fsp3) is 0.500. The number of ether oxygens (including phenoxy) is 1. The van der Waals surface area contributed by atoms with E-state index in [0.29, 0.717) is 16.9 Å². The lowest BCUT2D eigenvalue weighted by atomic mass is 10.1. The monoisotopic (exact) mass is 492 g/mol. The number of hydrogen-bond acceptors (Lipinski definition) is 11. The molecule has 1 saturated heterocycles. The van der Waals surface area contributed by atoms with E-state index in [0.717, 1.165) is 11.1 Å². The van der Waals surface area contributed by atoms with Crippen molar-refractivity contribution in [1.29, 1.82) is 0 Å². The average molecular weight is 492 g/mol. The molecular weight excluding hydrogens is 470 g/mol. The third-order valence-corrected chi connectivity index (χ3v) is 6.96. The van der Waals surface area contributed by atoms with Crippen LogP contribution in [0, 0.1) is 6.92 Å². The number of aryl methyl sites for hydroxylation is 1. The summed E-state index contributed by atoms with van der Waals surface area (Å²) in [6.45, 7) is -0.0772. The number of carbonyl (C=O) groups is 1. The van der Waals surface area contributed by atoms with Crippen LogP contribution in [-0.2, 0) is 29.8 Å². The number of benzene rings is 1. The molecule has 176 valence electrons. The molecule has 32 heavy (non-hydrogen) atoms. The number of halogens is 1. The Morgan fingerprint density at radius 2 is 2.19 bits per heavy atom. The number of nitrogens with one attached hydrogen (secondary N) is 1. The van der Waals surface area contributed by atoms with E-state index in [2.05, 4.69) is 17.9 Å². The number of fused-ring (bicyclic) bond motifs is 1. The minimum absolute atomic E-state index is 0.0873. The molecule has 4 N–H and O–H groups in total. The lowest BCUT2D eigenvalue weighted by molar-refractivity contribution is -0.212. The third-order valence-electron chi connectivity index (χ3n) is 5.27. The van der Waals surface area contributed by atoms with Gasteiger partial charge in [0.25, 0.3) is 11.8 Å². The van der Waals surface area contributed by atoms with Gasteiger partial charge in [-0.1, -0.05) is 18.2 Å². The second-order valence-electron chi connectivity index (χ2n) is 7.49. The molecule has 1 aromatic rings. The van der Waals surface area contributed by atoms with Crippen molar-refractivity contribution in [2.24, 2.45) is 0 Å². The van der Waals surface area contributed by atoms with Crippen LogP contribution in [0.4, 0.5) is 4.39 Å². The van der Waals surface area contributed by atoms with Crippen LogP contribution in [-0.4, -0.2) is 69.1 Å². The van der Waals surface area contributed by atoms with E-state index in [4.69, 9.17) is 18.3 Å². The Morgan fingerprint density at radius 3 is 2.91 bits per heavy atom. The zero-order valence-electron chi connectivity index (χ0n) is 16.8. The molecule has 14 heteroatoms. The standard InChI is InChI=1S/C18H22FN2O9PS/c1-9-3-2-4-10-7-27-31(26,30-13(9)10)28-8-18(19)14(24)12(23)16(29-18)21-5-11(6-22)15(25)20-17(21)32/h2-5,12,14,16-17,22-24,32H,6-8H2,1H3,(H,20,25)/t12-,14+,16-,17?,18-,31?/m1/s1. The zero-order valence-corrected chi connectivity index (χ0v) is 18.5. The summed E-state index contributed by atoms with van der Waals surface area (Å²) in [5, 5.41) is 32.3. The first-order chi connectivity index (χ1) is 15.1. The number of rotatable bonds is 5. The van der Waals surface area contributed by atoms with E-state index in [1.807, 2.05) is 0 Å². The van der Waals surface area contributed by atoms with Gasteiger partial charge < -0.3 is 34.8 Å². The summed E-state index contributed by atoms with van der Waals surface area (Å²) >= 11 is 4.14. The predicted molar refractivity (Wildman–Crippen MR) is 109 cm³/mol. The Bertz CT molecular complexity index is 997. The number of amides is 1. The number of phosphoric ester groups is 1. The van der Waals surface area contributed by atoms with Crippen LogP contribution < -0.4 is 9.84 Å². The van der Waals surface area contributed by atoms with Crippen molar-refractivity contribution in [3.63, 3.8) is 0 Å². The number of carbonyl (C=O) groups excluding carboxylic acids is 1. The van der Waals surface area contributed by atoms with E-state index in [1.165, 1.54) is 0 Å². The molecule has 0 radical (unpaired) electrons. The molecule has 0 aliphatic carbocycles. The van der Waals surface area contributed by atoms with E-state index in [-0.39, 0.29) is 12.2 Å². The zero-order chi connectivity index (χ0) is 23.3. The van der Waals surface area contributed by atoms with E-state index in [1.54, 1.807) is 25.1 Å². The molecule has 3 aliphatic heterocycles. The van der Waals surface area contributed by atoms with E-state index >= 15 is 4.39 Å². The van der Waals surface area contributed by atoms with Gasteiger partial charge in [0, 0.05) is 11.8 Å². The highest BCUT2D eigenvalue weighted by molar-refractivity contribution is 7.80. The summed E-state index contributed by atoms with van der Waals surface area (Å²) in [6.07, 6.45) is -4.29. The van der Waals surface area contributed by atoms with Crippen molar-refractivity contribution in [1.82, 2.24) is 10.2 Å². The second-order valence-corrected chi connectivity index (χ2v) is 9.57. The smallest absolute Gasteiger partial charge is 0.403 e. The third kappa shape index (κ3) is 4.15. The number of para-hydroxylation sites is 1. The molecule has 2 unspecified atom stereocenters. The molecular formula is C18H22FN2O9PS. The number of nitrogens with zero attached hydrogens (tertiary/aromatic N) is 1. The second kappa shape index (κ2) is 8.58. The molecule has 11 nitrogen and oxygen atoms in total. The molecule has 1 fully saturated rings. The fourth-order valence-electron chi connectivity index (χ4n) is 3.50. The molecule has 3 aliphatic rings. The van der Waals surface area contributed by atoms with Gasteiger partial charge in [0.05, 0.1) is 18.8 Å². The van der Waals surface area contributed by atoms with Crippen LogP contribution in [0.1, 0.15) is 11.1 Å². The molecule has 6 atom stereocenters. The summed E-state index contributed by atoms with van der Waals surface area (Å²) in [5.41, 5.74) is 0.184. The topological polar surface area (TPSA) is 147 Å².